The third-order valence-corrected chi connectivity index (χ3v) is 10.8. The molecule has 0 amide bonds. The van der Waals surface area contributed by atoms with E-state index >= 15 is 0 Å². The van der Waals surface area contributed by atoms with Crippen molar-refractivity contribution in [2.75, 3.05) is 67.5 Å². The zero-order valence-corrected chi connectivity index (χ0v) is 38.6. The summed E-state index contributed by atoms with van der Waals surface area (Å²) in [6.45, 7) is 1.52. The van der Waals surface area contributed by atoms with Crippen LogP contribution in [-0.4, -0.2) is 110 Å². The van der Waals surface area contributed by atoms with Crippen molar-refractivity contribution in [1.82, 2.24) is 19.1 Å². The van der Waals surface area contributed by atoms with Crippen molar-refractivity contribution in [2.45, 2.75) is 63.0 Å². The predicted octanol–water partition coefficient (Wildman–Crippen LogP) is 5.41. The van der Waals surface area contributed by atoms with Gasteiger partial charge in [-0.05, 0) is 48.9 Å². The van der Waals surface area contributed by atoms with Gasteiger partial charge in [-0.15, -0.1) is 0 Å². The molecule has 5 aromatic rings. The summed E-state index contributed by atoms with van der Waals surface area (Å²) in [5, 5.41) is 9.56. The number of nitrogens with two attached hydrogens (primary N) is 1. The van der Waals surface area contributed by atoms with E-state index in [1.54, 1.807) is 24.5 Å². The van der Waals surface area contributed by atoms with Crippen molar-refractivity contribution < 1.29 is 43.1 Å². The lowest BCUT2D eigenvalue weighted by molar-refractivity contribution is -0.140. The molecule has 0 saturated carbocycles. The molecule has 0 fully saturated rings. The maximum Gasteiger partial charge on any atom is 0.350 e. The molecule has 358 valence electrons. The van der Waals surface area contributed by atoms with Gasteiger partial charge < -0.3 is 44.0 Å². The summed E-state index contributed by atoms with van der Waals surface area (Å²) in [6.07, 6.45) is 11.7. The maximum absolute atomic E-state index is 13.3. The number of aliphatic hydroxyl groups is 1. The van der Waals surface area contributed by atoms with Gasteiger partial charge in [0.1, 0.15) is 5.60 Å². The van der Waals surface area contributed by atoms with Crippen molar-refractivity contribution in [3.8, 4) is 11.8 Å². The Hall–Kier alpha value is -6.27. The summed E-state index contributed by atoms with van der Waals surface area (Å²) < 4.78 is 44.2. The summed E-state index contributed by atoms with van der Waals surface area (Å²) in [5.41, 5.74) is 7.63. The Morgan fingerprint density at radius 3 is 1.63 bits per heavy atom. The Kier molecular flexibility index (Phi) is 21.6. The number of methoxy groups -OCH3 is 3. The number of hydrogen-bond donors (Lipinski definition) is 2. The minimum Gasteiger partial charge on any atom is -0.480 e. The molecule has 0 spiro atoms. The van der Waals surface area contributed by atoms with Crippen LogP contribution in [0.2, 0.25) is 0 Å². The molecule has 3 aromatic carbocycles. The fourth-order valence-electron chi connectivity index (χ4n) is 7.37. The van der Waals surface area contributed by atoms with E-state index in [9.17, 15) is 19.5 Å². The second kappa shape index (κ2) is 28.0. The number of esters is 1. The van der Waals surface area contributed by atoms with Crippen LogP contribution in [-0.2, 0) is 47.2 Å². The van der Waals surface area contributed by atoms with Crippen LogP contribution in [0, 0.1) is 0 Å². The Bertz CT molecular complexity index is 2310. The van der Waals surface area contributed by atoms with E-state index in [4.69, 9.17) is 38.9 Å². The highest BCUT2D eigenvalue weighted by molar-refractivity contribution is 5.69. The second-order valence-electron chi connectivity index (χ2n) is 15.3. The van der Waals surface area contributed by atoms with Crippen LogP contribution in [0.25, 0.3) is 12.2 Å². The lowest BCUT2D eigenvalue weighted by Crippen LogP contribution is -2.37. The van der Waals surface area contributed by atoms with Crippen LogP contribution >= 0.6 is 0 Å². The van der Waals surface area contributed by atoms with Crippen LogP contribution in [0.1, 0.15) is 59.9 Å². The van der Waals surface area contributed by atoms with E-state index in [2.05, 4.69) is 9.97 Å². The topological polar surface area (TPSA) is 198 Å². The first-order valence-corrected chi connectivity index (χ1v) is 22.4. The molecule has 0 saturated heterocycles. The molecule has 0 aliphatic carbocycles. The second-order valence-corrected chi connectivity index (χ2v) is 15.3. The quantitative estimate of drug-likeness (QED) is 0.0337. The number of benzene rings is 3. The van der Waals surface area contributed by atoms with Gasteiger partial charge in [0.05, 0.1) is 84.3 Å². The third kappa shape index (κ3) is 15.4. The Morgan fingerprint density at radius 2 is 1.16 bits per heavy atom. The van der Waals surface area contributed by atoms with Gasteiger partial charge in [0.25, 0.3) is 0 Å². The zero-order chi connectivity index (χ0) is 47.7. The number of allylic oxidation sites excluding steroid dienone is 1. The minimum absolute atomic E-state index is 0.0867. The third-order valence-electron chi connectivity index (χ3n) is 10.8. The maximum atomic E-state index is 13.3. The molecule has 0 aliphatic heterocycles. The first kappa shape index (κ1) is 51.7. The van der Waals surface area contributed by atoms with E-state index in [-0.39, 0.29) is 76.9 Å². The standard InChI is InChI=1S/C51H63N5O11/c1-61-46(58)25-14-13-17-39-35-56(50(60)53-47(39)62-2)30-27-45(38-67-51(41-19-7-4-8-20-41,42-21-9-5-10-22-42)43-23-11-6-12-24-43)66-34-33-64-37-44(65-32-31-57)26-29-55-36-40(18-15-16-28-52)48(63-3)54-49(55)59/h4-13,15,17-24,35-36,44-45,57H,14,16,25-34,37-38,52H2,1-3H3/b17-13+,18-15+/t44-,45-/m0/s1. The summed E-state index contributed by atoms with van der Waals surface area (Å²) in [6, 6.07) is 30.1. The monoisotopic (exact) mass is 921 g/mol. The predicted molar refractivity (Wildman–Crippen MR) is 255 cm³/mol. The molecular weight excluding hydrogens is 859 g/mol. The summed E-state index contributed by atoms with van der Waals surface area (Å²) in [4.78, 5) is 46.1. The van der Waals surface area contributed by atoms with Gasteiger partial charge >= 0.3 is 17.3 Å². The lowest BCUT2D eigenvalue weighted by Gasteiger charge is -2.37. The number of carbonyl (C=O) groups is 1. The first-order valence-electron chi connectivity index (χ1n) is 22.4. The van der Waals surface area contributed by atoms with Crippen LogP contribution in [0.5, 0.6) is 11.8 Å². The van der Waals surface area contributed by atoms with E-state index in [0.29, 0.717) is 43.4 Å². The summed E-state index contributed by atoms with van der Waals surface area (Å²) >= 11 is 0. The minimum atomic E-state index is -1.03. The van der Waals surface area contributed by atoms with E-state index in [0.717, 1.165) is 16.7 Å². The van der Waals surface area contributed by atoms with E-state index < -0.39 is 29.2 Å². The molecule has 2 atom stereocenters. The first-order chi connectivity index (χ1) is 32.8. The molecule has 0 unspecified atom stereocenters. The molecular formula is C51H63N5O11. The van der Waals surface area contributed by atoms with Gasteiger partial charge in [0, 0.05) is 31.9 Å². The number of aliphatic hydroxyl groups excluding tert-OH is 1. The molecule has 16 nitrogen and oxygen atoms in total. The molecule has 3 N–H and O–H groups in total. The highest BCUT2D eigenvalue weighted by atomic mass is 16.6. The number of aromatic nitrogens is 4. The number of ether oxygens (including phenoxy) is 7. The smallest absolute Gasteiger partial charge is 0.350 e. The lowest BCUT2D eigenvalue weighted by atomic mass is 9.80. The van der Waals surface area contributed by atoms with Crippen molar-refractivity contribution in [3.63, 3.8) is 0 Å². The number of nitrogens with zero attached hydrogens (tertiary/aromatic N) is 4. The molecule has 2 aromatic heterocycles. The van der Waals surface area contributed by atoms with Crippen LogP contribution in [0.3, 0.4) is 0 Å². The molecule has 0 radical (unpaired) electrons. The van der Waals surface area contributed by atoms with Crippen molar-refractivity contribution in [1.29, 1.82) is 0 Å². The summed E-state index contributed by atoms with van der Waals surface area (Å²) in [5.74, 6) is 0.0572. The summed E-state index contributed by atoms with van der Waals surface area (Å²) in [7, 11) is 4.25. The Labute approximate surface area is 391 Å². The zero-order valence-electron chi connectivity index (χ0n) is 38.6. The van der Waals surface area contributed by atoms with Gasteiger partial charge in [-0.25, -0.2) is 9.59 Å². The van der Waals surface area contributed by atoms with Crippen LogP contribution in [0.4, 0.5) is 0 Å². The number of aryl methyl sites for hydroxylation is 2. The molecule has 0 aliphatic rings. The van der Waals surface area contributed by atoms with Gasteiger partial charge in [0.15, 0.2) is 0 Å². The van der Waals surface area contributed by atoms with Gasteiger partial charge in [-0.2, -0.15) is 9.97 Å². The average Bonchev–Trinajstić information content (AvgIpc) is 3.36. The fraction of sp³-hybridized carbons (Fsp3) is 0.392. The number of hydrogen-bond acceptors (Lipinski definition) is 14. The normalized spacial score (nSPS) is 12.7. The molecule has 16 heteroatoms. The Balaban J connectivity index is 1.35. The highest BCUT2D eigenvalue weighted by Crippen LogP contribution is 2.40. The fourth-order valence-corrected chi connectivity index (χ4v) is 7.37. The average molecular weight is 922 g/mol. The van der Waals surface area contributed by atoms with Gasteiger partial charge in [-0.3, -0.25) is 13.9 Å². The van der Waals surface area contributed by atoms with E-state index in [1.807, 2.05) is 103 Å². The van der Waals surface area contributed by atoms with Crippen molar-refractivity contribution >= 4 is 18.1 Å². The molecule has 0 bridgehead atoms. The van der Waals surface area contributed by atoms with Crippen molar-refractivity contribution in [2.24, 2.45) is 5.73 Å². The van der Waals surface area contributed by atoms with Gasteiger partial charge in [-0.1, -0.05) is 115 Å². The number of carbonyl (C=O) groups excluding carboxylic acids is 1. The molecule has 2 heterocycles. The van der Waals surface area contributed by atoms with Crippen molar-refractivity contribution in [3.05, 3.63) is 164 Å². The van der Waals surface area contributed by atoms with Crippen LogP contribution in [0.15, 0.2) is 125 Å². The Morgan fingerprint density at radius 1 is 0.687 bits per heavy atom. The number of rotatable bonds is 30. The molecule has 5 rings (SSSR count). The largest absolute Gasteiger partial charge is 0.480 e. The SMILES string of the molecule is COC(=O)CC/C=C/c1cn(CC[C@@H](COC(c2ccccc2)(c2ccccc2)c2ccccc2)OCCOC[C@H](CCn2cc(/C=C/CCN)c(OC)nc2=O)OCCO)c(=O)nc1OC. The highest BCUT2D eigenvalue weighted by Gasteiger charge is 2.38. The van der Waals surface area contributed by atoms with E-state index in [1.165, 1.54) is 30.5 Å². The molecule has 67 heavy (non-hydrogen) atoms. The van der Waals surface area contributed by atoms with Gasteiger partial charge in [0.2, 0.25) is 11.8 Å². The van der Waals surface area contributed by atoms with Crippen LogP contribution < -0.4 is 26.6 Å².